The summed E-state index contributed by atoms with van der Waals surface area (Å²) in [4.78, 5) is 17.9. The normalized spacial score (nSPS) is 28.4. The molecule has 5 nitrogen and oxygen atoms in total. The lowest BCUT2D eigenvalue weighted by Gasteiger charge is -2.41. The fraction of sp³-hybridized carbons (Fsp3) is 0.800. The van der Waals surface area contributed by atoms with E-state index in [0.717, 1.165) is 74.3 Å². The molecule has 3 fully saturated rings. The fourth-order valence-electron chi connectivity index (χ4n) is 5.26. The van der Waals surface area contributed by atoms with Crippen molar-refractivity contribution in [2.24, 2.45) is 11.3 Å². The van der Waals surface area contributed by atoms with Gasteiger partial charge in [0.15, 0.2) is 0 Å². The summed E-state index contributed by atoms with van der Waals surface area (Å²) in [6.07, 6.45) is 9.84. The summed E-state index contributed by atoms with van der Waals surface area (Å²) in [5.74, 6) is 1.15. The van der Waals surface area contributed by atoms with Crippen molar-refractivity contribution in [3.05, 3.63) is 16.4 Å². The number of rotatable bonds is 4. The molecule has 3 heterocycles. The van der Waals surface area contributed by atoms with Gasteiger partial charge < -0.3 is 4.90 Å². The summed E-state index contributed by atoms with van der Waals surface area (Å²) < 4.78 is 0. The molecule has 1 aliphatic carbocycles. The number of hydrogen-bond acceptors (Lipinski definition) is 3. The average molecular weight is 379 g/mol. The highest BCUT2D eigenvalue weighted by molar-refractivity contribution is 6.31. The van der Waals surface area contributed by atoms with Crippen LogP contribution in [0.4, 0.5) is 0 Å². The first kappa shape index (κ1) is 18.3. The van der Waals surface area contributed by atoms with Crippen molar-refractivity contribution in [3.8, 4) is 0 Å². The van der Waals surface area contributed by atoms with E-state index in [9.17, 15) is 4.79 Å². The van der Waals surface area contributed by atoms with E-state index < -0.39 is 0 Å². The van der Waals surface area contributed by atoms with Crippen molar-refractivity contribution in [2.75, 3.05) is 26.2 Å². The monoisotopic (exact) mass is 378 g/mol. The van der Waals surface area contributed by atoms with Crippen LogP contribution in [0.15, 0.2) is 0 Å². The number of carbonyl (C=O) groups is 1. The number of nitrogens with one attached hydrogen (secondary N) is 1. The van der Waals surface area contributed by atoms with Gasteiger partial charge in [0.1, 0.15) is 0 Å². The molecule has 1 amide bonds. The maximum absolute atomic E-state index is 13.3. The Morgan fingerprint density at radius 2 is 2.00 bits per heavy atom. The van der Waals surface area contributed by atoms with E-state index in [4.69, 9.17) is 11.6 Å². The van der Waals surface area contributed by atoms with Gasteiger partial charge >= 0.3 is 0 Å². The Morgan fingerprint density at radius 3 is 2.73 bits per heavy atom. The smallest absolute Gasteiger partial charge is 0.230 e. The van der Waals surface area contributed by atoms with Crippen LogP contribution in [0.2, 0.25) is 5.02 Å². The highest BCUT2D eigenvalue weighted by atomic mass is 35.5. The summed E-state index contributed by atoms with van der Waals surface area (Å²) in [5.41, 5.74) is 1.66. The minimum Gasteiger partial charge on any atom is -0.342 e. The van der Waals surface area contributed by atoms with E-state index >= 15 is 0 Å². The Kier molecular flexibility index (Phi) is 5.29. The number of aryl methyl sites for hydroxylation is 1. The predicted octanol–water partition coefficient (Wildman–Crippen LogP) is 3.77. The lowest BCUT2D eigenvalue weighted by atomic mass is 9.77. The maximum atomic E-state index is 13.3. The van der Waals surface area contributed by atoms with Crippen LogP contribution in [0.1, 0.15) is 62.8 Å². The first-order valence-electron chi connectivity index (χ1n) is 10.3. The van der Waals surface area contributed by atoms with Gasteiger partial charge in [0, 0.05) is 26.2 Å². The van der Waals surface area contributed by atoms with Crippen molar-refractivity contribution in [1.82, 2.24) is 20.0 Å². The second kappa shape index (κ2) is 7.51. The van der Waals surface area contributed by atoms with Gasteiger partial charge in [0.25, 0.3) is 0 Å². The van der Waals surface area contributed by atoms with E-state index in [1.54, 1.807) is 0 Å². The number of carbonyl (C=O) groups excluding carboxylic acids is 1. The number of hydrogen-bond donors (Lipinski definition) is 1. The van der Waals surface area contributed by atoms with E-state index in [2.05, 4.69) is 20.0 Å². The van der Waals surface area contributed by atoms with Gasteiger partial charge in [0.05, 0.1) is 21.8 Å². The summed E-state index contributed by atoms with van der Waals surface area (Å²) in [5, 5.41) is 8.03. The summed E-state index contributed by atoms with van der Waals surface area (Å²) in [7, 11) is 0. The van der Waals surface area contributed by atoms with Crippen molar-refractivity contribution in [2.45, 2.75) is 64.8 Å². The fourth-order valence-corrected chi connectivity index (χ4v) is 5.41. The van der Waals surface area contributed by atoms with Gasteiger partial charge in [-0.3, -0.25) is 14.8 Å². The predicted molar refractivity (Wildman–Crippen MR) is 103 cm³/mol. The molecule has 0 aromatic carbocycles. The molecule has 1 aromatic rings. The molecule has 0 bridgehead atoms. The summed E-state index contributed by atoms with van der Waals surface area (Å²) in [6.45, 7) is 6.45. The Labute approximate surface area is 161 Å². The van der Waals surface area contributed by atoms with Gasteiger partial charge in [-0.15, -0.1) is 0 Å². The van der Waals surface area contributed by atoms with E-state index in [1.165, 1.54) is 32.1 Å². The Hall–Kier alpha value is -1.07. The molecule has 2 saturated heterocycles. The second-order valence-electron chi connectivity index (χ2n) is 8.71. The molecule has 6 heteroatoms. The molecular formula is C20H31ClN4O. The van der Waals surface area contributed by atoms with Gasteiger partial charge in [-0.25, -0.2) is 0 Å². The highest BCUT2D eigenvalue weighted by Gasteiger charge is 2.48. The molecule has 26 heavy (non-hydrogen) atoms. The van der Waals surface area contributed by atoms with Crippen molar-refractivity contribution >= 4 is 17.5 Å². The standard InChI is InChI=1S/C20H31ClN4O/c1-15-18(21)17(23-22-15)13-24-11-9-20(14-24)8-5-10-25(19(20)26)12-16-6-3-2-4-7-16/h16H,2-14H2,1H3,(H,22,23)/t20-/m1/s1. The number of aromatic amines is 1. The molecule has 1 N–H and O–H groups in total. The third-order valence-corrected chi connectivity index (χ3v) is 7.28. The van der Waals surface area contributed by atoms with Crippen LogP contribution in [-0.2, 0) is 11.3 Å². The van der Waals surface area contributed by atoms with Gasteiger partial charge in [-0.2, -0.15) is 5.10 Å². The molecule has 2 aliphatic heterocycles. The van der Waals surface area contributed by atoms with Crippen LogP contribution in [0.3, 0.4) is 0 Å². The number of aromatic nitrogens is 2. The topological polar surface area (TPSA) is 52.2 Å². The average Bonchev–Trinajstić information content (AvgIpc) is 3.19. The van der Waals surface area contributed by atoms with Crippen molar-refractivity contribution in [1.29, 1.82) is 0 Å². The lowest BCUT2D eigenvalue weighted by Crippen LogP contribution is -2.51. The molecule has 0 radical (unpaired) electrons. The summed E-state index contributed by atoms with van der Waals surface area (Å²) >= 11 is 6.33. The molecule has 3 aliphatic rings. The minimum absolute atomic E-state index is 0.162. The zero-order valence-electron chi connectivity index (χ0n) is 15.9. The molecular weight excluding hydrogens is 348 g/mol. The molecule has 4 rings (SSSR count). The van der Waals surface area contributed by atoms with Crippen LogP contribution in [0.25, 0.3) is 0 Å². The molecule has 1 atom stereocenters. The number of nitrogens with zero attached hydrogens (tertiary/aromatic N) is 3. The SMILES string of the molecule is Cc1[nH]nc(CN2CC[C@]3(CCCN(CC4CCCCC4)C3=O)C2)c1Cl. The second-order valence-corrected chi connectivity index (χ2v) is 9.09. The highest BCUT2D eigenvalue weighted by Crippen LogP contribution is 2.41. The Morgan fingerprint density at radius 1 is 1.19 bits per heavy atom. The number of piperidine rings is 1. The molecule has 144 valence electrons. The first-order valence-corrected chi connectivity index (χ1v) is 10.7. The molecule has 1 aromatic heterocycles. The van der Waals surface area contributed by atoms with Crippen LogP contribution in [0.5, 0.6) is 0 Å². The number of halogens is 1. The van der Waals surface area contributed by atoms with Gasteiger partial charge in [-0.05, 0) is 51.5 Å². The van der Waals surface area contributed by atoms with Crippen LogP contribution in [0, 0.1) is 18.3 Å². The van der Waals surface area contributed by atoms with Crippen molar-refractivity contribution < 1.29 is 4.79 Å². The largest absolute Gasteiger partial charge is 0.342 e. The third kappa shape index (κ3) is 3.53. The number of amides is 1. The van der Waals surface area contributed by atoms with Crippen LogP contribution < -0.4 is 0 Å². The van der Waals surface area contributed by atoms with E-state index in [1.807, 2.05) is 6.92 Å². The quantitative estimate of drug-likeness (QED) is 0.867. The van der Waals surface area contributed by atoms with Gasteiger partial charge in [-0.1, -0.05) is 30.9 Å². The minimum atomic E-state index is -0.162. The van der Waals surface area contributed by atoms with Crippen LogP contribution in [-0.4, -0.2) is 52.1 Å². The third-order valence-electron chi connectivity index (χ3n) is 6.77. The molecule has 1 saturated carbocycles. The first-order chi connectivity index (χ1) is 12.6. The van der Waals surface area contributed by atoms with Crippen molar-refractivity contribution in [3.63, 3.8) is 0 Å². The Balaban J connectivity index is 1.39. The summed E-state index contributed by atoms with van der Waals surface area (Å²) in [6, 6.07) is 0. The zero-order valence-corrected chi connectivity index (χ0v) is 16.7. The maximum Gasteiger partial charge on any atom is 0.230 e. The van der Waals surface area contributed by atoms with Gasteiger partial charge in [0.2, 0.25) is 5.91 Å². The van der Waals surface area contributed by atoms with E-state index in [-0.39, 0.29) is 5.41 Å². The van der Waals surface area contributed by atoms with Crippen LogP contribution >= 0.6 is 11.6 Å². The zero-order chi connectivity index (χ0) is 18.1. The lowest BCUT2D eigenvalue weighted by molar-refractivity contribution is -0.146. The Bertz CT molecular complexity index is 654. The molecule has 1 spiro atoms. The number of likely N-dealkylation sites (tertiary alicyclic amines) is 2. The molecule has 0 unspecified atom stereocenters. The number of H-pyrrole nitrogens is 1. The van der Waals surface area contributed by atoms with E-state index in [0.29, 0.717) is 5.91 Å².